The number of carbonyl (C=O) groups excluding carboxylic acids is 1. The van der Waals surface area contributed by atoms with E-state index in [1.165, 1.54) is 0 Å². The monoisotopic (exact) mass is 295 g/mol. The van der Waals surface area contributed by atoms with Gasteiger partial charge in [-0.25, -0.2) is 4.98 Å². The molecule has 1 amide bonds. The van der Waals surface area contributed by atoms with E-state index in [9.17, 15) is 14.9 Å². The van der Waals surface area contributed by atoms with Gasteiger partial charge in [0, 0.05) is 5.39 Å². The van der Waals surface area contributed by atoms with Gasteiger partial charge in [-0.1, -0.05) is 18.2 Å². The van der Waals surface area contributed by atoms with Crippen LogP contribution in [0.3, 0.4) is 0 Å². The molecule has 6 nitrogen and oxygen atoms in total. The highest BCUT2D eigenvalue weighted by Gasteiger charge is 2.26. The number of rotatable bonds is 2. The third-order valence-corrected chi connectivity index (χ3v) is 2.81. The summed E-state index contributed by atoms with van der Waals surface area (Å²) in [6, 6.07) is 6.60. The number of fused-ring (bicyclic) bond motifs is 1. The van der Waals surface area contributed by atoms with E-state index in [2.05, 4.69) is 20.9 Å². The van der Waals surface area contributed by atoms with Gasteiger partial charge >= 0.3 is 5.69 Å². The molecule has 0 aliphatic heterocycles. The molecule has 2 rings (SSSR count). The number of benzene rings is 1. The molecule has 2 N–H and O–H groups in total. The van der Waals surface area contributed by atoms with Crippen LogP contribution in [0.2, 0.25) is 0 Å². The number of nitro groups is 1. The van der Waals surface area contributed by atoms with Crippen LogP contribution in [-0.2, 0) is 0 Å². The predicted octanol–water partition coefficient (Wildman–Crippen LogP) is 2.00. The Balaban J connectivity index is 2.99. The number of primary amides is 1. The lowest BCUT2D eigenvalue weighted by atomic mass is 10.1. The van der Waals surface area contributed by atoms with Gasteiger partial charge in [-0.05, 0) is 22.0 Å². The summed E-state index contributed by atoms with van der Waals surface area (Å²) < 4.78 is -0.00463. The molecule has 0 aliphatic carbocycles. The number of pyridine rings is 1. The van der Waals surface area contributed by atoms with Gasteiger partial charge in [-0.3, -0.25) is 14.9 Å². The number of para-hydroxylation sites is 1. The lowest BCUT2D eigenvalue weighted by Gasteiger charge is -2.05. The van der Waals surface area contributed by atoms with Gasteiger partial charge in [-0.15, -0.1) is 0 Å². The van der Waals surface area contributed by atoms with Crippen molar-refractivity contribution >= 4 is 38.4 Å². The molecular weight excluding hydrogens is 290 g/mol. The highest BCUT2D eigenvalue weighted by atomic mass is 79.9. The summed E-state index contributed by atoms with van der Waals surface area (Å²) in [6.07, 6.45) is 0. The van der Waals surface area contributed by atoms with Crippen molar-refractivity contribution in [3.8, 4) is 0 Å². The fourth-order valence-electron chi connectivity index (χ4n) is 1.59. The predicted molar refractivity (Wildman–Crippen MR) is 64.6 cm³/mol. The minimum Gasteiger partial charge on any atom is -0.365 e. The molecule has 1 aromatic carbocycles. The molecule has 0 bridgehead atoms. The Kier molecular flexibility index (Phi) is 2.76. The van der Waals surface area contributed by atoms with Crippen LogP contribution in [0.25, 0.3) is 10.9 Å². The maximum absolute atomic E-state index is 11.4. The number of hydrogen-bond donors (Lipinski definition) is 1. The second kappa shape index (κ2) is 4.10. The van der Waals surface area contributed by atoms with E-state index in [4.69, 9.17) is 5.73 Å². The third-order valence-electron chi connectivity index (χ3n) is 2.25. The smallest absolute Gasteiger partial charge is 0.315 e. The number of aromatic nitrogens is 1. The summed E-state index contributed by atoms with van der Waals surface area (Å²) in [5, 5.41) is 11.3. The molecular formula is C10H6BrN3O3. The highest BCUT2D eigenvalue weighted by Crippen LogP contribution is 2.32. The first-order chi connectivity index (χ1) is 8.02. The molecule has 0 saturated heterocycles. The molecule has 0 saturated carbocycles. The third kappa shape index (κ3) is 1.84. The van der Waals surface area contributed by atoms with Gasteiger partial charge in [0.1, 0.15) is 5.56 Å². The highest BCUT2D eigenvalue weighted by molar-refractivity contribution is 9.10. The van der Waals surface area contributed by atoms with Crippen molar-refractivity contribution in [3.05, 3.63) is 44.5 Å². The van der Waals surface area contributed by atoms with Crippen molar-refractivity contribution < 1.29 is 9.72 Å². The molecule has 0 atom stereocenters. The molecule has 7 heteroatoms. The summed E-state index contributed by atoms with van der Waals surface area (Å²) in [7, 11) is 0. The van der Waals surface area contributed by atoms with Crippen LogP contribution >= 0.6 is 15.9 Å². The Morgan fingerprint density at radius 3 is 2.65 bits per heavy atom. The van der Waals surface area contributed by atoms with Crippen LogP contribution in [0.4, 0.5) is 5.69 Å². The number of halogens is 1. The first-order valence-electron chi connectivity index (χ1n) is 4.55. The van der Waals surface area contributed by atoms with Crippen molar-refractivity contribution in [2.75, 3.05) is 0 Å². The summed E-state index contributed by atoms with van der Waals surface area (Å²) in [5.74, 6) is -0.851. The van der Waals surface area contributed by atoms with Crippen LogP contribution in [0.5, 0.6) is 0 Å². The molecule has 2 aromatic rings. The van der Waals surface area contributed by atoms with Gasteiger partial charge in [0.25, 0.3) is 5.91 Å². The molecule has 86 valence electrons. The van der Waals surface area contributed by atoms with E-state index in [1.54, 1.807) is 24.3 Å². The maximum Gasteiger partial charge on any atom is 0.315 e. The largest absolute Gasteiger partial charge is 0.365 e. The fourth-order valence-corrected chi connectivity index (χ4v) is 2.12. The van der Waals surface area contributed by atoms with E-state index >= 15 is 0 Å². The first kappa shape index (κ1) is 11.5. The van der Waals surface area contributed by atoms with Gasteiger partial charge in [-0.2, -0.15) is 0 Å². The van der Waals surface area contributed by atoms with Crippen molar-refractivity contribution in [1.29, 1.82) is 0 Å². The number of amides is 1. The zero-order valence-electron chi connectivity index (χ0n) is 8.38. The van der Waals surface area contributed by atoms with Crippen LogP contribution in [0.1, 0.15) is 10.4 Å². The van der Waals surface area contributed by atoms with Gasteiger partial charge in [0.15, 0.2) is 4.60 Å². The Bertz CT molecular complexity index is 642. The molecule has 1 aromatic heterocycles. The van der Waals surface area contributed by atoms with E-state index < -0.39 is 16.5 Å². The minimum absolute atomic E-state index is 0.00463. The van der Waals surface area contributed by atoms with Crippen molar-refractivity contribution in [1.82, 2.24) is 4.98 Å². The average Bonchev–Trinajstić information content (AvgIpc) is 2.26. The fraction of sp³-hybridized carbons (Fsp3) is 0. The molecule has 1 heterocycles. The van der Waals surface area contributed by atoms with Gasteiger partial charge in [0.2, 0.25) is 0 Å². The summed E-state index contributed by atoms with van der Waals surface area (Å²) in [4.78, 5) is 25.6. The van der Waals surface area contributed by atoms with Crippen LogP contribution in [0.15, 0.2) is 28.9 Å². The maximum atomic E-state index is 11.4. The van der Waals surface area contributed by atoms with Crippen molar-refractivity contribution in [3.63, 3.8) is 0 Å². The molecule has 0 radical (unpaired) electrons. The number of hydrogen-bond acceptors (Lipinski definition) is 4. The van der Waals surface area contributed by atoms with Crippen molar-refractivity contribution in [2.45, 2.75) is 0 Å². The Morgan fingerprint density at radius 2 is 2.06 bits per heavy atom. The number of nitrogens with two attached hydrogens (primary N) is 1. The van der Waals surface area contributed by atoms with Crippen molar-refractivity contribution in [2.24, 2.45) is 5.73 Å². The van der Waals surface area contributed by atoms with Crippen LogP contribution in [-0.4, -0.2) is 15.8 Å². The zero-order chi connectivity index (χ0) is 12.6. The lowest BCUT2D eigenvalue weighted by Crippen LogP contribution is -2.15. The molecule has 17 heavy (non-hydrogen) atoms. The number of nitrogens with zero attached hydrogens (tertiary/aromatic N) is 2. The zero-order valence-corrected chi connectivity index (χ0v) is 9.97. The lowest BCUT2D eigenvalue weighted by molar-refractivity contribution is -0.386. The second-order valence-electron chi connectivity index (χ2n) is 3.26. The quantitative estimate of drug-likeness (QED) is 0.520. The van der Waals surface area contributed by atoms with E-state index in [0.717, 1.165) is 0 Å². The SMILES string of the molecule is NC(=O)c1c([N+](=O)[O-])c(Br)nc2ccccc12. The molecule has 0 fully saturated rings. The Labute approximate surface area is 104 Å². The van der Waals surface area contributed by atoms with E-state index in [0.29, 0.717) is 10.9 Å². The van der Waals surface area contributed by atoms with Gasteiger partial charge < -0.3 is 5.73 Å². The van der Waals surface area contributed by atoms with Crippen LogP contribution < -0.4 is 5.73 Å². The molecule has 0 spiro atoms. The Morgan fingerprint density at radius 1 is 1.41 bits per heavy atom. The number of carbonyl (C=O) groups is 1. The van der Waals surface area contributed by atoms with E-state index in [1.807, 2.05) is 0 Å². The van der Waals surface area contributed by atoms with E-state index in [-0.39, 0.29) is 10.2 Å². The first-order valence-corrected chi connectivity index (χ1v) is 5.34. The van der Waals surface area contributed by atoms with Crippen LogP contribution in [0, 0.1) is 10.1 Å². The Hall–Kier alpha value is -2.02. The van der Waals surface area contributed by atoms with Gasteiger partial charge in [0.05, 0.1) is 10.4 Å². The normalized spacial score (nSPS) is 10.4. The summed E-state index contributed by atoms with van der Waals surface area (Å²) in [5.41, 5.74) is 5.13. The minimum atomic E-state index is -0.851. The summed E-state index contributed by atoms with van der Waals surface area (Å²) >= 11 is 2.98. The molecule has 0 aliphatic rings. The average molecular weight is 296 g/mol. The molecule has 0 unspecified atom stereocenters. The summed E-state index contributed by atoms with van der Waals surface area (Å²) in [6.45, 7) is 0. The topological polar surface area (TPSA) is 99.1 Å². The standard InChI is InChI=1S/C10H6BrN3O3/c11-9-8(14(16)17)7(10(12)15)5-3-1-2-4-6(5)13-9/h1-4H,(H2,12,15). The second-order valence-corrected chi connectivity index (χ2v) is 4.02.